The molecule has 0 radical (unpaired) electrons. The molecule has 4 nitrogen and oxygen atoms in total. The molecule has 0 heterocycles. The maximum absolute atomic E-state index is 12.2. The van der Waals surface area contributed by atoms with Gasteiger partial charge in [-0.3, -0.25) is 0 Å². The minimum absolute atomic E-state index is 0.417. The third-order valence-electron chi connectivity index (χ3n) is 4.97. The van der Waals surface area contributed by atoms with E-state index in [4.69, 9.17) is 9.47 Å². The van der Waals surface area contributed by atoms with E-state index >= 15 is 0 Å². The number of carbonyl (C=O) groups excluding carboxylic acids is 1. The van der Waals surface area contributed by atoms with Gasteiger partial charge in [0.1, 0.15) is 18.5 Å². The fraction of sp³-hybridized carbons (Fsp3) is 0.348. The van der Waals surface area contributed by atoms with Crippen LogP contribution in [0.15, 0.2) is 60.7 Å². The first-order valence-electron chi connectivity index (χ1n) is 9.13. The fourth-order valence-electron chi connectivity index (χ4n) is 2.35. The second-order valence-electron chi connectivity index (χ2n) is 7.22. The van der Waals surface area contributed by atoms with Crippen molar-refractivity contribution in [2.24, 2.45) is 5.41 Å². The number of benzene rings is 2. The standard InChI is InChI=1S/C23H28O4/c1-17(24)23(3,4)18(2)27-22(25)15-14-20-12-8-9-13-21(20)26-16-19-10-6-5-7-11-19/h5-15,17-18,24H,16H2,1-4H3/t17-,18+/m0/s1. The third kappa shape index (κ3) is 5.97. The predicted molar refractivity (Wildman–Crippen MR) is 107 cm³/mol. The van der Waals surface area contributed by atoms with Gasteiger partial charge in [0.05, 0.1) is 6.10 Å². The van der Waals surface area contributed by atoms with Crippen LogP contribution in [0.5, 0.6) is 5.75 Å². The largest absolute Gasteiger partial charge is 0.488 e. The molecule has 0 saturated carbocycles. The summed E-state index contributed by atoms with van der Waals surface area (Å²) in [4.78, 5) is 12.2. The second-order valence-corrected chi connectivity index (χ2v) is 7.22. The molecule has 0 aromatic heterocycles. The third-order valence-corrected chi connectivity index (χ3v) is 4.97. The minimum Gasteiger partial charge on any atom is -0.488 e. The van der Waals surface area contributed by atoms with Gasteiger partial charge in [-0.2, -0.15) is 0 Å². The van der Waals surface area contributed by atoms with Crippen LogP contribution in [0, 0.1) is 5.41 Å². The Hall–Kier alpha value is -2.59. The Morgan fingerprint density at radius 2 is 1.70 bits per heavy atom. The summed E-state index contributed by atoms with van der Waals surface area (Å²) in [7, 11) is 0. The van der Waals surface area contributed by atoms with Gasteiger partial charge < -0.3 is 14.6 Å². The highest BCUT2D eigenvalue weighted by Crippen LogP contribution is 2.28. The molecule has 4 heteroatoms. The van der Waals surface area contributed by atoms with E-state index in [0.29, 0.717) is 12.4 Å². The van der Waals surface area contributed by atoms with Gasteiger partial charge in [0.15, 0.2) is 0 Å². The average molecular weight is 368 g/mol. The lowest BCUT2D eigenvalue weighted by Crippen LogP contribution is -2.39. The molecule has 0 fully saturated rings. The van der Waals surface area contributed by atoms with E-state index in [0.717, 1.165) is 11.1 Å². The molecule has 0 spiro atoms. The number of para-hydroxylation sites is 1. The lowest BCUT2D eigenvalue weighted by Gasteiger charge is -2.33. The van der Waals surface area contributed by atoms with E-state index in [1.54, 1.807) is 19.9 Å². The molecule has 2 aromatic rings. The van der Waals surface area contributed by atoms with Gasteiger partial charge in [-0.15, -0.1) is 0 Å². The predicted octanol–water partition coefficient (Wildman–Crippen LogP) is 4.62. The van der Waals surface area contributed by atoms with E-state index in [2.05, 4.69) is 0 Å². The molecule has 0 amide bonds. The van der Waals surface area contributed by atoms with Crippen LogP contribution in [0.2, 0.25) is 0 Å². The molecule has 0 aliphatic carbocycles. The molecule has 144 valence electrons. The van der Waals surface area contributed by atoms with E-state index in [1.165, 1.54) is 6.08 Å². The summed E-state index contributed by atoms with van der Waals surface area (Å²) >= 11 is 0. The highest BCUT2D eigenvalue weighted by atomic mass is 16.5. The topological polar surface area (TPSA) is 55.8 Å². The summed E-state index contributed by atoms with van der Waals surface area (Å²) in [5.74, 6) is 0.247. The average Bonchev–Trinajstić information content (AvgIpc) is 2.66. The van der Waals surface area contributed by atoms with Crippen molar-refractivity contribution in [2.45, 2.75) is 46.5 Å². The van der Waals surface area contributed by atoms with Crippen molar-refractivity contribution in [2.75, 3.05) is 0 Å². The Morgan fingerprint density at radius 1 is 1.07 bits per heavy atom. The highest BCUT2D eigenvalue weighted by Gasteiger charge is 2.33. The Bertz CT molecular complexity index is 763. The van der Waals surface area contributed by atoms with Crippen LogP contribution in [0.25, 0.3) is 6.08 Å². The van der Waals surface area contributed by atoms with Crippen LogP contribution in [-0.4, -0.2) is 23.3 Å². The zero-order valence-corrected chi connectivity index (χ0v) is 16.4. The number of carbonyl (C=O) groups is 1. The van der Waals surface area contributed by atoms with Crippen LogP contribution >= 0.6 is 0 Å². The monoisotopic (exact) mass is 368 g/mol. The summed E-state index contributed by atoms with van der Waals surface area (Å²) < 4.78 is 11.3. The van der Waals surface area contributed by atoms with Gasteiger partial charge in [-0.25, -0.2) is 4.79 Å². The molecular formula is C23H28O4. The van der Waals surface area contributed by atoms with E-state index in [1.807, 2.05) is 68.4 Å². The summed E-state index contributed by atoms with van der Waals surface area (Å²) in [5.41, 5.74) is 1.35. The van der Waals surface area contributed by atoms with Crippen molar-refractivity contribution >= 4 is 12.0 Å². The van der Waals surface area contributed by atoms with E-state index in [-0.39, 0.29) is 0 Å². The van der Waals surface area contributed by atoms with Crippen LogP contribution in [0.4, 0.5) is 0 Å². The van der Waals surface area contributed by atoms with Crippen molar-refractivity contribution in [3.8, 4) is 5.75 Å². The summed E-state index contributed by atoms with van der Waals surface area (Å²) in [5, 5.41) is 9.83. The molecule has 27 heavy (non-hydrogen) atoms. The van der Waals surface area contributed by atoms with Gasteiger partial charge >= 0.3 is 5.97 Å². The van der Waals surface area contributed by atoms with Crippen molar-refractivity contribution in [3.63, 3.8) is 0 Å². The normalized spacial score (nSPS) is 14.0. The number of hydrogen-bond acceptors (Lipinski definition) is 4. The quantitative estimate of drug-likeness (QED) is 0.546. The van der Waals surface area contributed by atoms with Crippen LogP contribution in [0.1, 0.15) is 38.8 Å². The molecule has 1 N–H and O–H groups in total. The summed E-state index contributed by atoms with van der Waals surface area (Å²) in [6.45, 7) is 7.67. The summed E-state index contributed by atoms with van der Waals surface area (Å²) in [6.07, 6.45) is 2.07. The number of hydrogen-bond donors (Lipinski definition) is 1. The van der Waals surface area contributed by atoms with Crippen molar-refractivity contribution in [1.82, 2.24) is 0 Å². The smallest absolute Gasteiger partial charge is 0.331 e. The van der Waals surface area contributed by atoms with Crippen LogP contribution < -0.4 is 4.74 Å². The van der Waals surface area contributed by atoms with Crippen molar-refractivity contribution in [3.05, 3.63) is 71.8 Å². The fourth-order valence-corrected chi connectivity index (χ4v) is 2.35. The Morgan fingerprint density at radius 3 is 2.37 bits per heavy atom. The van der Waals surface area contributed by atoms with Crippen molar-refractivity contribution in [1.29, 1.82) is 0 Å². The first-order valence-corrected chi connectivity index (χ1v) is 9.13. The van der Waals surface area contributed by atoms with Crippen LogP contribution in [0.3, 0.4) is 0 Å². The van der Waals surface area contributed by atoms with Gasteiger partial charge in [-0.05, 0) is 31.6 Å². The molecule has 2 rings (SSSR count). The minimum atomic E-state index is -0.587. The van der Waals surface area contributed by atoms with E-state index < -0.39 is 23.6 Å². The number of rotatable bonds is 8. The van der Waals surface area contributed by atoms with Crippen molar-refractivity contribution < 1.29 is 19.4 Å². The lowest BCUT2D eigenvalue weighted by atomic mass is 9.82. The Labute approximate surface area is 161 Å². The Kier molecular flexibility index (Phi) is 7.19. The van der Waals surface area contributed by atoms with Gasteiger partial charge in [-0.1, -0.05) is 62.4 Å². The second kappa shape index (κ2) is 9.38. The maximum Gasteiger partial charge on any atom is 0.331 e. The number of ether oxygens (including phenoxy) is 2. The molecule has 0 saturated heterocycles. The van der Waals surface area contributed by atoms with E-state index in [9.17, 15) is 9.90 Å². The molecule has 2 aromatic carbocycles. The van der Waals surface area contributed by atoms with Gasteiger partial charge in [0.25, 0.3) is 0 Å². The molecule has 2 atom stereocenters. The molecular weight excluding hydrogens is 340 g/mol. The van der Waals surface area contributed by atoms with Gasteiger partial charge in [0.2, 0.25) is 0 Å². The highest BCUT2D eigenvalue weighted by molar-refractivity contribution is 5.87. The maximum atomic E-state index is 12.2. The first-order chi connectivity index (χ1) is 12.8. The zero-order chi connectivity index (χ0) is 19.9. The van der Waals surface area contributed by atoms with Gasteiger partial charge in [0, 0.05) is 17.1 Å². The molecule has 0 bridgehead atoms. The molecule has 0 aliphatic heterocycles. The Balaban J connectivity index is 2.01. The molecule has 0 unspecified atom stereocenters. The summed E-state index contributed by atoms with van der Waals surface area (Å²) in [6, 6.07) is 17.4. The number of aliphatic hydroxyl groups is 1. The molecule has 0 aliphatic rings. The zero-order valence-electron chi connectivity index (χ0n) is 16.4. The lowest BCUT2D eigenvalue weighted by molar-refractivity contribution is -0.151. The van der Waals surface area contributed by atoms with Crippen LogP contribution in [-0.2, 0) is 16.1 Å². The SMILES string of the molecule is C[C@H](O)C(C)(C)[C@@H](C)OC(=O)C=Cc1ccccc1OCc1ccccc1. The first kappa shape index (κ1) is 20.7. The number of esters is 1. The number of aliphatic hydroxyl groups excluding tert-OH is 1.